The first-order valence-corrected chi connectivity index (χ1v) is 5.11. The van der Waals surface area contributed by atoms with Gasteiger partial charge in [-0.15, -0.1) is 0 Å². The number of rotatable bonds is 1. The summed E-state index contributed by atoms with van der Waals surface area (Å²) in [5.74, 6) is 0.0764. The molecule has 0 aliphatic carbocycles. The first kappa shape index (κ1) is 9.97. The monoisotopic (exact) mass is 202 g/mol. The zero-order chi connectivity index (χ0) is 10.8. The van der Waals surface area contributed by atoms with Crippen molar-refractivity contribution in [3.8, 4) is 0 Å². The largest absolute Gasteiger partial charge is 0.492 e. The van der Waals surface area contributed by atoms with Crippen LogP contribution in [0.25, 0.3) is 0 Å². The fourth-order valence-corrected chi connectivity index (χ4v) is 1.86. The molecule has 0 N–H and O–H groups in total. The summed E-state index contributed by atoms with van der Waals surface area (Å²) < 4.78 is 5.58. The van der Waals surface area contributed by atoms with Crippen molar-refractivity contribution in [3.05, 3.63) is 47.7 Å². The van der Waals surface area contributed by atoms with E-state index in [1.54, 1.807) is 13.2 Å². The summed E-state index contributed by atoms with van der Waals surface area (Å²) in [4.78, 5) is 11.8. The van der Waals surface area contributed by atoms with Gasteiger partial charge >= 0.3 is 0 Å². The Balaban J connectivity index is 2.30. The van der Waals surface area contributed by atoms with Gasteiger partial charge in [0.05, 0.1) is 12.2 Å². The Bertz CT molecular complexity index is 392. The summed E-state index contributed by atoms with van der Waals surface area (Å²) in [6, 6.07) is 9.86. The van der Waals surface area contributed by atoms with Crippen LogP contribution in [0.5, 0.6) is 0 Å². The molecule has 0 saturated heterocycles. The van der Waals surface area contributed by atoms with Crippen molar-refractivity contribution in [2.45, 2.75) is 20.0 Å². The number of hydrogen-bond donors (Lipinski definition) is 0. The van der Waals surface area contributed by atoms with Gasteiger partial charge in [0.2, 0.25) is 0 Å². The molecule has 78 valence electrons. The van der Waals surface area contributed by atoms with E-state index in [0.717, 1.165) is 5.56 Å². The molecule has 15 heavy (non-hydrogen) atoms. The van der Waals surface area contributed by atoms with Gasteiger partial charge in [-0.1, -0.05) is 37.3 Å². The molecule has 0 saturated carbocycles. The van der Waals surface area contributed by atoms with Gasteiger partial charge in [-0.3, -0.25) is 4.79 Å². The number of carbonyl (C=O) groups excluding carboxylic acids is 1. The van der Waals surface area contributed by atoms with Crippen LogP contribution in [0.2, 0.25) is 0 Å². The lowest BCUT2D eigenvalue weighted by Crippen LogP contribution is -2.25. The third kappa shape index (κ3) is 1.80. The molecule has 0 bridgehead atoms. The van der Waals surface area contributed by atoms with Gasteiger partial charge in [0.1, 0.15) is 6.10 Å². The highest BCUT2D eigenvalue weighted by molar-refractivity contribution is 5.97. The van der Waals surface area contributed by atoms with Gasteiger partial charge in [-0.25, -0.2) is 0 Å². The van der Waals surface area contributed by atoms with Crippen molar-refractivity contribution in [2.24, 2.45) is 5.92 Å². The molecule has 2 heteroatoms. The van der Waals surface area contributed by atoms with Gasteiger partial charge in [0.15, 0.2) is 5.78 Å². The molecule has 0 fully saturated rings. The third-order valence-electron chi connectivity index (χ3n) is 2.78. The van der Waals surface area contributed by atoms with E-state index >= 15 is 0 Å². The average molecular weight is 202 g/mol. The van der Waals surface area contributed by atoms with Crippen molar-refractivity contribution >= 4 is 5.78 Å². The van der Waals surface area contributed by atoms with Crippen molar-refractivity contribution < 1.29 is 9.53 Å². The van der Waals surface area contributed by atoms with E-state index in [2.05, 4.69) is 0 Å². The Morgan fingerprint density at radius 1 is 1.20 bits per heavy atom. The lowest BCUT2D eigenvalue weighted by molar-refractivity contribution is -0.124. The lowest BCUT2D eigenvalue weighted by atomic mass is 9.89. The number of ketones is 1. The Hall–Kier alpha value is -1.57. The predicted octanol–water partition coefficient (Wildman–Crippen LogP) is 2.87. The normalized spacial score (nSPS) is 25.7. The van der Waals surface area contributed by atoms with Gasteiger partial charge in [0, 0.05) is 5.57 Å². The molecule has 0 radical (unpaired) electrons. The molecule has 2 atom stereocenters. The molecule has 1 aliphatic rings. The minimum absolute atomic E-state index is 0.0996. The molecular formula is C13H14O2. The van der Waals surface area contributed by atoms with Crippen LogP contribution in [0.4, 0.5) is 0 Å². The van der Waals surface area contributed by atoms with E-state index in [4.69, 9.17) is 4.74 Å². The zero-order valence-electron chi connectivity index (χ0n) is 8.94. The van der Waals surface area contributed by atoms with Crippen LogP contribution < -0.4 is 0 Å². The average Bonchev–Trinajstić information content (AvgIpc) is 2.27. The van der Waals surface area contributed by atoms with E-state index in [1.807, 2.05) is 37.3 Å². The number of hydrogen-bond acceptors (Lipinski definition) is 2. The maximum Gasteiger partial charge on any atom is 0.168 e. The van der Waals surface area contributed by atoms with Crippen LogP contribution in [-0.4, -0.2) is 5.78 Å². The van der Waals surface area contributed by atoms with Gasteiger partial charge in [-0.05, 0) is 12.5 Å². The Morgan fingerprint density at radius 3 is 2.53 bits per heavy atom. The fourth-order valence-electron chi connectivity index (χ4n) is 1.86. The molecule has 1 aromatic carbocycles. The Morgan fingerprint density at radius 2 is 1.87 bits per heavy atom. The summed E-state index contributed by atoms with van der Waals surface area (Å²) in [6.07, 6.45) is 1.43. The fraction of sp³-hybridized carbons (Fsp3) is 0.308. The molecule has 1 aromatic rings. The second-order valence-corrected chi connectivity index (χ2v) is 3.92. The molecule has 1 aliphatic heterocycles. The number of ether oxygens (including phenoxy) is 1. The van der Waals surface area contributed by atoms with Crippen LogP contribution in [0.15, 0.2) is 42.2 Å². The van der Waals surface area contributed by atoms with Crippen LogP contribution >= 0.6 is 0 Å². The van der Waals surface area contributed by atoms with E-state index in [9.17, 15) is 4.79 Å². The number of allylic oxidation sites excluding steroid dienone is 1. The molecular weight excluding hydrogens is 188 g/mol. The van der Waals surface area contributed by atoms with Crippen LogP contribution in [0.3, 0.4) is 0 Å². The topological polar surface area (TPSA) is 26.3 Å². The lowest BCUT2D eigenvalue weighted by Gasteiger charge is -2.27. The SMILES string of the molecule is CC1=COC(c2ccccc2)C(C)C1=O. The zero-order valence-corrected chi connectivity index (χ0v) is 8.94. The summed E-state index contributed by atoms with van der Waals surface area (Å²) in [7, 11) is 0. The second kappa shape index (κ2) is 3.89. The maximum atomic E-state index is 11.8. The first-order valence-electron chi connectivity index (χ1n) is 5.11. The molecule has 0 spiro atoms. The highest BCUT2D eigenvalue weighted by Crippen LogP contribution is 2.32. The van der Waals surface area contributed by atoms with Crippen LogP contribution in [0, 0.1) is 5.92 Å². The Kier molecular flexibility index (Phi) is 2.58. The van der Waals surface area contributed by atoms with Gasteiger partial charge < -0.3 is 4.74 Å². The van der Waals surface area contributed by atoms with Crippen molar-refractivity contribution in [1.29, 1.82) is 0 Å². The summed E-state index contributed by atoms with van der Waals surface area (Å²) in [5, 5.41) is 0. The number of benzene rings is 1. The van der Waals surface area contributed by atoms with Gasteiger partial charge in [0.25, 0.3) is 0 Å². The standard InChI is InChI=1S/C13H14O2/c1-9-8-15-13(10(2)12(9)14)11-6-4-3-5-7-11/h3-8,10,13H,1-2H3. The first-order chi connectivity index (χ1) is 7.20. The maximum absolute atomic E-state index is 11.8. The highest BCUT2D eigenvalue weighted by Gasteiger charge is 2.30. The predicted molar refractivity (Wildman–Crippen MR) is 58.2 cm³/mol. The molecule has 2 rings (SSSR count). The number of carbonyl (C=O) groups is 1. The van der Waals surface area contributed by atoms with E-state index in [-0.39, 0.29) is 17.8 Å². The minimum atomic E-state index is -0.137. The van der Waals surface area contributed by atoms with Crippen LogP contribution in [-0.2, 0) is 9.53 Å². The van der Waals surface area contributed by atoms with E-state index in [0.29, 0.717) is 5.57 Å². The van der Waals surface area contributed by atoms with Gasteiger partial charge in [-0.2, -0.15) is 0 Å². The highest BCUT2D eigenvalue weighted by atomic mass is 16.5. The van der Waals surface area contributed by atoms with Crippen molar-refractivity contribution in [2.75, 3.05) is 0 Å². The minimum Gasteiger partial charge on any atom is -0.492 e. The molecule has 1 heterocycles. The molecule has 2 nitrogen and oxygen atoms in total. The molecule has 2 unspecified atom stereocenters. The second-order valence-electron chi connectivity index (χ2n) is 3.92. The molecule has 0 amide bonds. The number of Topliss-reactive ketones (excluding diaryl/α,β-unsaturated/α-hetero) is 1. The van der Waals surface area contributed by atoms with Crippen molar-refractivity contribution in [3.63, 3.8) is 0 Å². The Labute approximate surface area is 89.6 Å². The molecule has 0 aromatic heterocycles. The van der Waals surface area contributed by atoms with E-state index in [1.165, 1.54) is 0 Å². The summed E-state index contributed by atoms with van der Waals surface area (Å²) >= 11 is 0. The smallest absolute Gasteiger partial charge is 0.168 e. The van der Waals surface area contributed by atoms with Crippen molar-refractivity contribution in [1.82, 2.24) is 0 Å². The van der Waals surface area contributed by atoms with Crippen LogP contribution in [0.1, 0.15) is 25.5 Å². The third-order valence-corrected chi connectivity index (χ3v) is 2.78. The summed E-state index contributed by atoms with van der Waals surface area (Å²) in [5.41, 5.74) is 1.76. The summed E-state index contributed by atoms with van der Waals surface area (Å²) in [6.45, 7) is 3.70. The van der Waals surface area contributed by atoms with E-state index < -0.39 is 0 Å². The quantitative estimate of drug-likeness (QED) is 0.700.